The lowest BCUT2D eigenvalue weighted by atomic mass is 10.2. The van der Waals surface area contributed by atoms with Gasteiger partial charge in [-0.25, -0.2) is 10.2 Å². The maximum Gasteiger partial charge on any atom is 0.344 e. The van der Waals surface area contributed by atoms with E-state index in [0.717, 1.165) is 29.4 Å². The average Bonchev–Trinajstić information content (AvgIpc) is 3.54. The number of hydrogen-bond donors (Lipinski definition) is 2. The lowest BCUT2D eigenvalue weighted by Crippen LogP contribution is -2.23. The quantitative estimate of drug-likeness (QED) is 0.135. The van der Waals surface area contributed by atoms with Gasteiger partial charge >= 0.3 is 17.6 Å². The molecule has 0 saturated heterocycles. The molecule has 0 aliphatic carbocycles. The fourth-order valence-electron chi connectivity index (χ4n) is 3.87. The van der Waals surface area contributed by atoms with Gasteiger partial charge in [0.15, 0.2) is 11.9 Å². The van der Waals surface area contributed by atoms with E-state index in [0.29, 0.717) is 11.5 Å². The van der Waals surface area contributed by atoms with Crippen LogP contribution in [0.1, 0.15) is 40.2 Å². The molecule has 2 N–H and O–H groups in total. The minimum absolute atomic E-state index is 0.0231. The predicted octanol–water partition coefficient (Wildman–Crippen LogP) is 5.44. The van der Waals surface area contributed by atoms with Crippen molar-refractivity contribution in [3.8, 4) is 17.2 Å². The number of hydrogen-bond acceptors (Lipinski definition) is 8. The topological polar surface area (TPSA) is 158 Å². The van der Waals surface area contributed by atoms with Crippen molar-refractivity contribution in [1.29, 1.82) is 0 Å². The van der Waals surface area contributed by atoms with Gasteiger partial charge in [0, 0.05) is 28.7 Å². The van der Waals surface area contributed by atoms with Crippen LogP contribution in [-0.2, 0) is 11.4 Å². The number of halogens is 1. The summed E-state index contributed by atoms with van der Waals surface area (Å²) in [6.07, 6.45) is -0.230. The molecule has 2 heterocycles. The van der Waals surface area contributed by atoms with Crippen LogP contribution in [0.25, 0.3) is 5.69 Å². The van der Waals surface area contributed by atoms with Gasteiger partial charge in [0.1, 0.15) is 18.1 Å². The van der Waals surface area contributed by atoms with E-state index in [9.17, 15) is 19.7 Å². The van der Waals surface area contributed by atoms with Gasteiger partial charge in [0.2, 0.25) is 5.75 Å². The van der Waals surface area contributed by atoms with Crippen LogP contribution in [0.15, 0.2) is 70.2 Å². The number of benzene rings is 2. The van der Waals surface area contributed by atoms with Gasteiger partial charge in [-0.3, -0.25) is 14.9 Å². The summed E-state index contributed by atoms with van der Waals surface area (Å²) in [4.78, 5) is 34.2. The maximum atomic E-state index is 12.4. The summed E-state index contributed by atoms with van der Waals surface area (Å²) in [5, 5.41) is 24.1. The van der Waals surface area contributed by atoms with Crippen molar-refractivity contribution in [3.05, 3.63) is 104 Å². The van der Waals surface area contributed by atoms with Gasteiger partial charge in [0.05, 0.1) is 16.2 Å². The molecule has 4 rings (SSSR count). The van der Waals surface area contributed by atoms with Crippen molar-refractivity contribution in [2.24, 2.45) is 5.10 Å². The maximum absolute atomic E-state index is 12.4. The highest BCUT2D eigenvalue weighted by Crippen LogP contribution is 2.36. The summed E-state index contributed by atoms with van der Waals surface area (Å²) in [6.45, 7) is 5.38. The SMILES string of the molecule is Cc1ccc(C)n1-c1ccc(OCc2ccc(C(=O)N/N=C/c3cc(Cl)c(O[C@H](C)C(=O)O)c([N+](=O)[O-])c3)o2)cc1. The zero-order valence-electron chi connectivity index (χ0n) is 22.2. The molecule has 2 aromatic carbocycles. The number of carbonyl (C=O) groups is 2. The molecule has 1 amide bonds. The second-order valence-corrected chi connectivity index (χ2v) is 9.31. The van der Waals surface area contributed by atoms with E-state index in [2.05, 4.69) is 27.2 Å². The summed E-state index contributed by atoms with van der Waals surface area (Å²) < 4.78 is 18.6. The second kappa shape index (κ2) is 12.4. The highest BCUT2D eigenvalue weighted by Gasteiger charge is 2.24. The third kappa shape index (κ3) is 6.92. The molecule has 0 radical (unpaired) electrons. The first kappa shape index (κ1) is 28.9. The van der Waals surface area contributed by atoms with Gasteiger partial charge in [-0.15, -0.1) is 0 Å². The number of aromatic nitrogens is 1. The number of ether oxygens (including phenoxy) is 2. The first-order valence-electron chi connectivity index (χ1n) is 12.2. The number of rotatable bonds is 11. The van der Waals surface area contributed by atoms with Crippen LogP contribution in [0.2, 0.25) is 5.02 Å². The number of nitrogens with zero attached hydrogens (tertiary/aromatic N) is 3. The second-order valence-electron chi connectivity index (χ2n) is 8.91. The molecule has 0 aliphatic heterocycles. The van der Waals surface area contributed by atoms with Gasteiger partial charge in [0.25, 0.3) is 0 Å². The summed E-state index contributed by atoms with van der Waals surface area (Å²) in [5.74, 6) is -1.35. The smallest absolute Gasteiger partial charge is 0.344 e. The van der Waals surface area contributed by atoms with Crippen LogP contribution in [0, 0.1) is 24.0 Å². The Labute approximate surface area is 238 Å². The van der Waals surface area contributed by atoms with Crippen molar-refractivity contribution < 1.29 is 33.5 Å². The molecule has 1 atom stereocenters. The van der Waals surface area contributed by atoms with E-state index in [1.807, 2.05) is 38.1 Å². The molecule has 4 aromatic rings. The Morgan fingerprint density at radius 1 is 1.15 bits per heavy atom. The number of carboxylic acids is 1. The first-order chi connectivity index (χ1) is 19.5. The van der Waals surface area contributed by atoms with Crippen molar-refractivity contribution in [2.45, 2.75) is 33.5 Å². The molecule has 0 aliphatic rings. The summed E-state index contributed by atoms with van der Waals surface area (Å²) >= 11 is 6.09. The van der Waals surface area contributed by atoms with Crippen LogP contribution < -0.4 is 14.9 Å². The minimum Gasteiger partial charge on any atom is -0.486 e. The number of carboxylic acid groups (broad SMARTS) is 1. The number of furan rings is 1. The van der Waals surface area contributed by atoms with Crippen LogP contribution in [0.3, 0.4) is 0 Å². The molecule has 0 fully saturated rings. The van der Waals surface area contributed by atoms with Gasteiger partial charge in [-0.05, 0) is 75.4 Å². The highest BCUT2D eigenvalue weighted by atomic mass is 35.5. The van der Waals surface area contributed by atoms with E-state index >= 15 is 0 Å². The van der Waals surface area contributed by atoms with Crippen molar-refractivity contribution >= 4 is 35.4 Å². The summed E-state index contributed by atoms with van der Waals surface area (Å²) in [5.41, 5.74) is 5.15. The van der Waals surface area contributed by atoms with Crippen LogP contribution >= 0.6 is 11.6 Å². The Balaban J connectivity index is 1.35. The number of nitro groups is 1. The van der Waals surface area contributed by atoms with Crippen molar-refractivity contribution in [1.82, 2.24) is 9.99 Å². The molecule has 212 valence electrons. The Kier molecular flexibility index (Phi) is 8.73. The van der Waals surface area contributed by atoms with E-state index in [4.69, 9.17) is 30.6 Å². The molecule has 2 aromatic heterocycles. The highest BCUT2D eigenvalue weighted by molar-refractivity contribution is 6.32. The van der Waals surface area contributed by atoms with E-state index in [-0.39, 0.29) is 28.7 Å². The Hall–Kier alpha value is -5.10. The monoisotopic (exact) mass is 580 g/mol. The van der Waals surface area contributed by atoms with Gasteiger partial charge in [-0.2, -0.15) is 5.10 Å². The van der Waals surface area contributed by atoms with Crippen molar-refractivity contribution in [2.75, 3.05) is 0 Å². The molecular weight excluding hydrogens is 556 g/mol. The molecule has 0 unspecified atom stereocenters. The molecule has 41 heavy (non-hydrogen) atoms. The number of amides is 1. The van der Waals surface area contributed by atoms with Gasteiger partial charge < -0.3 is 23.6 Å². The zero-order valence-corrected chi connectivity index (χ0v) is 22.9. The number of carbonyl (C=O) groups excluding carboxylic acids is 1. The lowest BCUT2D eigenvalue weighted by molar-refractivity contribution is -0.386. The fourth-order valence-corrected chi connectivity index (χ4v) is 4.14. The van der Waals surface area contributed by atoms with Crippen LogP contribution in [0.4, 0.5) is 5.69 Å². The Morgan fingerprint density at radius 2 is 1.83 bits per heavy atom. The fraction of sp³-hybridized carbons (Fsp3) is 0.179. The number of aryl methyl sites for hydroxylation is 2. The summed E-state index contributed by atoms with van der Waals surface area (Å²) in [7, 11) is 0. The number of nitro benzene ring substituents is 1. The third-order valence-electron chi connectivity index (χ3n) is 5.90. The predicted molar refractivity (Wildman–Crippen MR) is 149 cm³/mol. The molecule has 12 nitrogen and oxygen atoms in total. The normalized spacial score (nSPS) is 11.8. The number of aliphatic carboxylic acids is 1. The molecule has 13 heteroatoms. The average molecular weight is 581 g/mol. The molecular formula is C28H25ClN4O8. The summed E-state index contributed by atoms with van der Waals surface area (Å²) in [6, 6.07) is 17.1. The lowest BCUT2D eigenvalue weighted by Gasteiger charge is -2.12. The number of hydrazone groups is 1. The standard InChI is InChI=1S/C28H25ClN4O8/c1-16-4-5-17(2)32(16)20-6-8-21(9-7-20)39-15-22-10-11-25(41-22)27(34)31-30-14-19-12-23(29)26(24(13-19)33(37)38)40-18(3)28(35)36/h4-14,18H,15H2,1-3H3,(H,31,34)(H,35,36)/b30-14+/t18-/m1/s1. The van der Waals surface area contributed by atoms with Crippen LogP contribution in [-0.4, -0.2) is 38.8 Å². The van der Waals surface area contributed by atoms with Gasteiger partial charge in [-0.1, -0.05) is 11.6 Å². The van der Waals surface area contributed by atoms with Crippen LogP contribution in [0.5, 0.6) is 11.5 Å². The first-order valence-corrected chi connectivity index (χ1v) is 12.6. The minimum atomic E-state index is -1.36. The van der Waals surface area contributed by atoms with E-state index < -0.39 is 28.6 Å². The Bertz CT molecular complexity index is 1600. The zero-order chi connectivity index (χ0) is 29.7. The largest absolute Gasteiger partial charge is 0.486 e. The van der Waals surface area contributed by atoms with Crippen molar-refractivity contribution in [3.63, 3.8) is 0 Å². The number of nitrogens with one attached hydrogen (secondary N) is 1. The molecule has 0 saturated carbocycles. The van der Waals surface area contributed by atoms with E-state index in [1.54, 1.807) is 6.07 Å². The third-order valence-corrected chi connectivity index (χ3v) is 6.18. The molecule has 0 bridgehead atoms. The Morgan fingerprint density at radius 3 is 2.46 bits per heavy atom. The van der Waals surface area contributed by atoms with E-state index in [1.165, 1.54) is 19.1 Å². The molecule has 0 spiro atoms.